The van der Waals surface area contributed by atoms with E-state index < -0.39 is 58.2 Å². The van der Waals surface area contributed by atoms with Crippen LogP contribution in [-0.2, 0) is 43.7 Å². The van der Waals surface area contributed by atoms with E-state index in [1.165, 1.54) is 0 Å². The number of nitrogens with two attached hydrogens (primary N) is 1. The minimum absolute atomic E-state index is 0.191. The van der Waals surface area contributed by atoms with Crippen LogP contribution in [0, 0.1) is 0 Å². The lowest BCUT2D eigenvalue weighted by molar-refractivity contribution is -0.0364. The van der Waals surface area contributed by atoms with Crippen molar-refractivity contribution < 1.29 is 46.9 Å². The maximum Gasteiger partial charge on any atom is 0.510 e. The summed E-state index contributed by atoms with van der Waals surface area (Å²) in [5.74, 6) is 0.191. The van der Waals surface area contributed by atoms with Crippen LogP contribution in [0.4, 0.5) is 9.59 Å². The number of nitrogens with one attached hydrogen (secondary N) is 1. The summed E-state index contributed by atoms with van der Waals surface area (Å²) in [6.45, 7) is 10.6. The standard InChI is InChI=1S/C21H33N4O10P/c1-13(2)34-20(26)29-10-32-36(28,33-11-30-21(27)35-14(3)4)12-31-15(5)9-17-7-8-18-16(6)23-19(22)24-25(17)18/h7-8,13-15H,6,9-12H2,1-5H3,(H3,22,23,24). The van der Waals surface area contributed by atoms with Crippen molar-refractivity contribution in [2.45, 2.75) is 59.4 Å². The summed E-state index contributed by atoms with van der Waals surface area (Å²) in [6.07, 6.45) is -3.50. The molecule has 2 heterocycles. The number of aliphatic imine (C=N–C) groups is 1. The molecule has 0 saturated carbocycles. The molecule has 0 radical (unpaired) electrons. The van der Waals surface area contributed by atoms with Gasteiger partial charge in [0.25, 0.3) is 0 Å². The van der Waals surface area contributed by atoms with E-state index in [9.17, 15) is 14.2 Å². The molecule has 14 nitrogen and oxygen atoms in total. The van der Waals surface area contributed by atoms with E-state index in [-0.39, 0.29) is 5.96 Å². The molecule has 1 unspecified atom stereocenters. The Morgan fingerprint density at radius 2 is 1.61 bits per heavy atom. The zero-order chi connectivity index (χ0) is 26.9. The van der Waals surface area contributed by atoms with Crippen LogP contribution in [-0.4, -0.2) is 61.2 Å². The second-order valence-electron chi connectivity index (χ2n) is 8.14. The summed E-state index contributed by atoms with van der Waals surface area (Å²) >= 11 is 0. The molecule has 3 N–H and O–H groups in total. The highest BCUT2D eigenvalue weighted by Crippen LogP contribution is 2.48. The zero-order valence-electron chi connectivity index (χ0n) is 20.9. The van der Waals surface area contributed by atoms with Gasteiger partial charge in [0.1, 0.15) is 6.35 Å². The van der Waals surface area contributed by atoms with Gasteiger partial charge in [-0.2, -0.15) is 0 Å². The molecule has 0 bridgehead atoms. The zero-order valence-corrected chi connectivity index (χ0v) is 21.8. The van der Waals surface area contributed by atoms with Crippen molar-refractivity contribution in [2.75, 3.05) is 25.4 Å². The Labute approximate surface area is 209 Å². The molecule has 0 amide bonds. The monoisotopic (exact) mass is 532 g/mol. The van der Waals surface area contributed by atoms with Gasteiger partial charge < -0.3 is 29.4 Å². The van der Waals surface area contributed by atoms with Gasteiger partial charge >= 0.3 is 19.9 Å². The molecule has 15 heteroatoms. The van der Waals surface area contributed by atoms with Crippen molar-refractivity contribution >= 4 is 31.6 Å². The summed E-state index contributed by atoms with van der Waals surface area (Å²) in [7, 11) is -4.05. The van der Waals surface area contributed by atoms with Crippen LogP contribution < -0.4 is 11.2 Å². The fourth-order valence-electron chi connectivity index (χ4n) is 2.78. The Kier molecular flexibility index (Phi) is 10.8. The minimum atomic E-state index is -4.05. The summed E-state index contributed by atoms with van der Waals surface area (Å²) in [6, 6.07) is 3.67. The second kappa shape index (κ2) is 13.3. The number of fused-ring (bicyclic) bond motifs is 1. The Bertz CT molecular complexity index is 975. The fraction of sp³-hybridized carbons (Fsp3) is 0.571. The third kappa shape index (κ3) is 9.53. The number of aromatic nitrogens is 1. The summed E-state index contributed by atoms with van der Waals surface area (Å²) in [5, 5.41) is 0. The maximum atomic E-state index is 13.2. The van der Waals surface area contributed by atoms with E-state index in [2.05, 4.69) is 17.0 Å². The topological polar surface area (TPSA) is 171 Å². The van der Waals surface area contributed by atoms with Gasteiger partial charge in [-0.1, -0.05) is 6.58 Å². The average Bonchev–Trinajstić information content (AvgIpc) is 3.14. The fourth-order valence-corrected chi connectivity index (χ4v) is 3.87. The van der Waals surface area contributed by atoms with Gasteiger partial charge in [0.2, 0.25) is 19.5 Å². The molecule has 1 aromatic heterocycles. The molecule has 202 valence electrons. The van der Waals surface area contributed by atoms with Crippen molar-refractivity contribution in [2.24, 2.45) is 10.7 Å². The highest BCUT2D eigenvalue weighted by atomic mass is 31.2. The van der Waals surface area contributed by atoms with E-state index >= 15 is 0 Å². The van der Waals surface area contributed by atoms with Crippen LogP contribution in [0.15, 0.2) is 23.7 Å². The maximum absolute atomic E-state index is 13.2. The van der Waals surface area contributed by atoms with Crippen LogP contribution in [0.5, 0.6) is 0 Å². The Hall–Kier alpha value is -3.06. The van der Waals surface area contributed by atoms with Gasteiger partial charge in [0, 0.05) is 12.1 Å². The molecule has 36 heavy (non-hydrogen) atoms. The van der Waals surface area contributed by atoms with Crippen LogP contribution in [0.1, 0.15) is 46.0 Å². The smallest absolute Gasteiger partial charge is 0.432 e. The quantitative estimate of drug-likeness (QED) is 0.215. The summed E-state index contributed by atoms with van der Waals surface area (Å²) in [5.41, 5.74) is 10.7. The van der Waals surface area contributed by atoms with Crippen LogP contribution in [0.25, 0.3) is 5.70 Å². The predicted octanol–water partition coefficient (Wildman–Crippen LogP) is 3.50. The van der Waals surface area contributed by atoms with Gasteiger partial charge in [-0.3, -0.25) is 23.7 Å². The lowest BCUT2D eigenvalue weighted by Crippen LogP contribution is -2.35. The van der Waals surface area contributed by atoms with E-state index in [4.69, 9.17) is 38.5 Å². The molecule has 0 aromatic carbocycles. The number of hydrogen-bond acceptors (Lipinski definition) is 13. The Balaban J connectivity index is 1.95. The number of rotatable bonds is 13. The first-order valence-corrected chi connectivity index (χ1v) is 12.8. The molecule has 0 spiro atoms. The normalized spacial score (nSPS) is 14.1. The molecular weight excluding hydrogens is 499 g/mol. The number of nitrogens with zero attached hydrogens (tertiary/aromatic N) is 2. The van der Waals surface area contributed by atoms with Crippen LogP contribution in [0.2, 0.25) is 0 Å². The lowest BCUT2D eigenvalue weighted by Gasteiger charge is -2.22. The summed E-state index contributed by atoms with van der Waals surface area (Å²) in [4.78, 5) is 27.2. The molecule has 1 aliphatic heterocycles. The molecule has 1 atom stereocenters. The van der Waals surface area contributed by atoms with Crippen molar-refractivity contribution in [3.63, 3.8) is 0 Å². The Morgan fingerprint density at radius 3 is 2.14 bits per heavy atom. The van der Waals surface area contributed by atoms with Gasteiger partial charge in [-0.25, -0.2) is 14.6 Å². The highest BCUT2D eigenvalue weighted by Gasteiger charge is 2.29. The highest BCUT2D eigenvalue weighted by molar-refractivity contribution is 7.53. The lowest BCUT2D eigenvalue weighted by atomic mass is 10.2. The first-order chi connectivity index (χ1) is 16.9. The van der Waals surface area contributed by atoms with Gasteiger partial charge in [0.05, 0.1) is 29.7 Å². The molecule has 0 fully saturated rings. The molecule has 1 aliphatic rings. The van der Waals surface area contributed by atoms with E-state index in [1.807, 2.05) is 12.1 Å². The Morgan fingerprint density at radius 1 is 1.06 bits per heavy atom. The van der Waals surface area contributed by atoms with Gasteiger partial charge in [0.15, 0.2) is 0 Å². The van der Waals surface area contributed by atoms with Crippen molar-refractivity contribution in [1.82, 2.24) is 4.68 Å². The van der Waals surface area contributed by atoms with Gasteiger partial charge in [-0.05, 0) is 46.8 Å². The number of hydrogen-bond donors (Lipinski definition) is 2. The van der Waals surface area contributed by atoms with Gasteiger partial charge in [-0.15, -0.1) is 0 Å². The number of carbonyl (C=O) groups excluding carboxylic acids is 2. The molecule has 2 rings (SSSR count). The number of ether oxygens (including phenoxy) is 5. The van der Waals surface area contributed by atoms with Crippen molar-refractivity contribution in [3.8, 4) is 0 Å². The first-order valence-electron chi connectivity index (χ1n) is 11.1. The van der Waals surface area contributed by atoms with Crippen LogP contribution >= 0.6 is 7.60 Å². The first kappa shape index (κ1) is 29.2. The molecule has 0 saturated heterocycles. The minimum Gasteiger partial charge on any atom is -0.432 e. The second-order valence-corrected chi connectivity index (χ2v) is 10.1. The van der Waals surface area contributed by atoms with Crippen molar-refractivity contribution in [1.29, 1.82) is 0 Å². The molecule has 0 aliphatic carbocycles. The third-order valence-electron chi connectivity index (χ3n) is 4.27. The van der Waals surface area contributed by atoms with Crippen molar-refractivity contribution in [3.05, 3.63) is 30.1 Å². The SMILES string of the molecule is C=C1N=C(N)Nn2c(CC(C)OCP(=O)(OCOC(=O)OC(C)C)OCOC(=O)OC(C)C)ccc21. The van der Waals surface area contributed by atoms with E-state index in [0.717, 1.165) is 11.4 Å². The molecular formula is C21H33N4O10P. The largest absolute Gasteiger partial charge is 0.510 e. The molecule has 1 aromatic rings. The van der Waals surface area contributed by atoms with E-state index in [1.54, 1.807) is 39.3 Å². The number of guanidine groups is 1. The third-order valence-corrected chi connectivity index (χ3v) is 5.73. The average molecular weight is 532 g/mol. The van der Waals surface area contributed by atoms with E-state index in [0.29, 0.717) is 12.1 Å². The number of carbonyl (C=O) groups is 2. The van der Waals surface area contributed by atoms with Crippen LogP contribution in [0.3, 0.4) is 0 Å². The summed E-state index contributed by atoms with van der Waals surface area (Å²) < 4.78 is 49.9. The predicted molar refractivity (Wildman–Crippen MR) is 128 cm³/mol.